The number of methoxy groups -OCH3 is 1. The van der Waals surface area contributed by atoms with Crippen LogP contribution in [0.5, 0.6) is 5.75 Å². The van der Waals surface area contributed by atoms with Crippen LogP contribution in [0.15, 0.2) is 41.8 Å². The first-order chi connectivity index (χ1) is 14.7. The number of aromatic nitrogens is 1. The Morgan fingerprint density at radius 2 is 2.00 bits per heavy atom. The smallest absolute Gasteiger partial charge is 0.270 e. The topological polar surface area (TPSA) is 48.1 Å². The molecule has 160 valence electrons. The molecule has 3 aromatic rings. The SMILES string of the molecule is COc1ccc(CN(CCC[NH+]2CCOCC2)C(=O)c2cc3sccc3n2C)cc1. The zero-order chi connectivity index (χ0) is 20.9. The molecule has 0 bridgehead atoms. The van der Waals surface area contributed by atoms with Crippen molar-refractivity contribution in [1.29, 1.82) is 0 Å². The first-order valence-corrected chi connectivity index (χ1v) is 11.4. The summed E-state index contributed by atoms with van der Waals surface area (Å²) in [5.41, 5.74) is 2.98. The standard InChI is InChI=1S/C23H29N3O3S/c1-24-20-8-15-30-22(20)16-21(24)23(27)26(10-3-9-25-11-13-29-14-12-25)17-18-4-6-19(28-2)7-5-18/h4-8,15-16H,3,9-14,17H2,1-2H3/p+1. The summed E-state index contributed by atoms with van der Waals surface area (Å²) in [6, 6.07) is 12.1. The fraction of sp³-hybridized carbons (Fsp3) is 0.435. The van der Waals surface area contributed by atoms with Crippen molar-refractivity contribution in [3.05, 3.63) is 53.0 Å². The fourth-order valence-electron chi connectivity index (χ4n) is 4.05. The van der Waals surface area contributed by atoms with Gasteiger partial charge in [-0.05, 0) is 35.2 Å². The van der Waals surface area contributed by atoms with E-state index >= 15 is 0 Å². The van der Waals surface area contributed by atoms with Gasteiger partial charge in [-0.3, -0.25) is 4.79 Å². The maximum atomic E-state index is 13.5. The third kappa shape index (κ3) is 4.69. The molecule has 7 heteroatoms. The molecule has 0 aliphatic carbocycles. The third-order valence-corrected chi connectivity index (χ3v) is 6.71. The molecule has 0 atom stereocenters. The summed E-state index contributed by atoms with van der Waals surface area (Å²) in [6.45, 7) is 6.20. The number of thiophene rings is 1. The number of nitrogens with zero attached hydrogens (tertiary/aromatic N) is 2. The molecule has 1 N–H and O–H groups in total. The number of amides is 1. The van der Waals surface area contributed by atoms with Crippen LogP contribution in [-0.4, -0.2) is 61.9 Å². The summed E-state index contributed by atoms with van der Waals surface area (Å²) in [4.78, 5) is 17.1. The van der Waals surface area contributed by atoms with Crippen LogP contribution in [0, 0.1) is 0 Å². The van der Waals surface area contributed by atoms with Crippen LogP contribution in [0.25, 0.3) is 10.2 Å². The van der Waals surface area contributed by atoms with Gasteiger partial charge in [-0.2, -0.15) is 0 Å². The Hall–Kier alpha value is -2.35. The van der Waals surface area contributed by atoms with Gasteiger partial charge in [0.2, 0.25) is 0 Å². The monoisotopic (exact) mass is 428 g/mol. The highest BCUT2D eigenvalue weighted by atomic mass is 32.1. The van der Waals surface area contributed by atoms with Gasteiger partial charge < -0.3 is 23.8 Å². The van der Waals surface area contributed by atoms with Gasteiger partial charge in [0.1, 0.15) is 24.5 Å². The number of morpholine rings is 1. The van der Waals surface area contributed by atoms with Gasteiger partial charge in [0.05, 0.1) is 37.1 Å². The van der Waals surface area contributed by atoms with Crippen molar-refractivity contribution >= 4 is 27.5 Å². The van der Waals surface area contributed by atoms with Crippen molar-refractivity contribution in [3.63, 3.8) is 0 Å². The Morgan fingerprint density at radius 3 is 2.70 bits per heavy atom. The highest BCUT2D eigenvalue weighted by Crippen LogP contribution is 2.25. The summed E-state index contributed by atoms with van der Waals surface area (Å²) in [7, 11) is 3.64. The Bertz CT molecular complexity index is 973. The summed E-state index contributed by atoms with van der Waals surface area (Å²) in [5.74, 6) is 0.920. The van der Waals surface area contributed by atoms with Gasteiger partial charge in [-0.1, -0.05) is 12.1 Å². The Labute approximate surface area is 181 Å². The lowest BCUT2D eigenvalue weighted by Crippen LogP contribution is -3.14. The van der Waals surface area contributed by atoms with Crippen LogP contribution >= 0.6 is 11.3 Å². The number of rotatable bonds is 8. The number of nitrogens with one attached hydrogen (secondary N) is 1. The number of hydrogen-bond acceptors (Lipinski definition) is 4. The number of fused-ring (bicyclic) bond motifs is 1. The molecule has 4 rings (SSSR count). The van der Waals surface area contributed by atoms with Crippen LogP contribution in [0.3, 0.4) is 0 Å². The Morgan fingerprint density at radius 1 is 1.23 bits per heavy atom. The van der Waals surface area contributed by atoms with Crippen molar-refractivity contribution in [1.82, 2.24) is 9.47 Å². The minimum Gasteiger partial charge on any atom is -0.497 e. The molecule has 0 radical (unpaired) electrons. The molecule has 2 aromatic heterocycles. The van der Waals surface area contributed by atoms with Crippen LogP contribution in [-0.2, 0) is 18.3 Å². The van der Waals surface area contributed by atoms with E-state index in [1.165, 1.54) is 0 Å². The summed E-state index contributed by atoms with van der Waals surface area (Å²) in [6.07, 6.45) is 0.982. The molecule has 6 nitrogen and oxygen atoms in total. The largest absolute Gasteiger partial charge is 0.497 e. The van der Waals surface area contributed by atoms with Crippen molar-refractivity contribution in [2.24, 2.45) is 7.05 Å². The van der Waals surface area contributed by atoms with Crippen molar-refractivity contribution < 1.29 is 19.2 Å². The molecular formula is C23H30N3O3S+. The highest BCUT2D eigenvalue weighted by molar-refractivity contribution is 7.17. The quantitative estimate of drug-likeness (QED) is 0.598. The summed E-state index contributed by atoms with van der Waals surface area (Å²) in [5, 5.41) is 2.07. The van der Waals surface area contributed by atoms with Gasteiger partial charge in [-0.15, -0.1) is 11.3 Å². The first-order valence-electron chi connectivity index (χ1n) is 10.5. The lowest BCUT2D eigenvalue weighted by Gasteiger charge is -2.26. The fourth-order valence-corrected chi connectivity index (χ4v) is 4.90. The van der Waals surface area contributed by atoms with E-state index in [0.29, 0.717) is 6.54 Å². The number of ether oxygens (including phenoxy) is 2. The second-order valence-corrected chi connectivity index (χ2v) is 8.75. The van der Waals surface area contributed by atoms with E-state index in [0.717, 1.165) is 73.0 Å². The molecule has 1 amide bonds. The minimum atomic E-state index is 0.0914. The second kappa shape index (κ2) is 9.64. The lowest BCUT2D eigenvalue weighted by atomic mass is 10.2. The summed E-state index contributed by atoms with van der Waals surface area (Å²) < 4.78 is 13.9. The van der Waals surface area contributed by atoms with Gasteiger partial charge in [0, 0.05) is 26.6 Å². The van der Waals surface area contributed by atoms with E-state index in [2.05, 4.69) is 11.4 Å². The van der Waals surface area contributed by atoms with Gasteiger partial charge in [0.25, 0.3) is 5.91 Å². The van der Waals surface area contributed by atoms with Crippen LogP contribution < -0.4 is 9.64 Å². The molecule has 30 heavy (non-hydrogen) atoms. The minimum absolute atomic E-state index is 0.0914. The van der Waals surface area contributed by atoms with Gasteiger partial charge in [-0.25, -0.2) is 0 Å². The normalized spacial score (nSPS) is 14.9. The molecule has 0 saturated carbocycles. The predicted molar refractivity (Wildman–Crippen MR) is 120 cm³/mol. The molecular weight excluding hydrogens is 398 g/mol. The van der Waals surface area contributed by atoms with Crippen LogP contribution in [0.4, 0.5) is 0 Å². The van der Waals surface area contributed by atoms with E-state index in [4.69, 9.17) is 9.47 Å². The number of aryl methyl sites for hydroxylation is 1. The number of benzene rings is 1. The third-order valence-electron chi connectivity index (χ3n) is 5.86. The molecule has 0 spiro atoms. The van der Waals surface area contributed by atoms with Crippen molar-refractivity contribution in [2.75, 3.05) is 46.5 Å². The maximum Gasteiger partial charge on any atom is 0.270 e. The summed E-state index contributed by atoms with van der Waals surface area (Å²) >= 11 is 1.68. The van der Waals surface area contributed by atoms with E-state index < -0.39 is 0 Å². The molecule has 3 heterocycles. The Balaban J connectivity index is 1.49. The first kappa shape index (κ1) is 20.9. The van der Waals surface area contributed by atoms with E-state index in [1.807, 2.05) is 46.8 Å². The maximum absolute atomic E-state index is 13.5. The number of hydrogen-bond donors (Lipinski definition) is 1. The average Bonchev–Trinajstić information content (AvgIpc) is 3.37. The van der Waals surface area contributed by atoms with E-state index in [-0.39, 0.29) is 5.91 Å². The van der Waals surface area contributed by atoms with E-state index in [1.54, 1.807) is 23.3 Å². The van der Waals surface area contributed by atoms with Gasteiger partial charge >= 0.3 is 0 Å². The predicted octanol–water partition coefficient (Wildman–Crippen LogP) is 2.20. The molecule has 1 saturated heterocycles. The molecule has 1 fully saturated rings. The Kier molecular flexibility index (Phi) is 6.72. The zero-order valence-corrected chi connectivity index (χ0v) is 18.5. The van der Waals surface area contributed by atoms with Crippen LogP contribution in [0.1, 0.15) is 22.5 Å². The van der Waals surface area contributed by atoms with Crippen molar-refractivity contribution in [2.45, 2.75) is 13.0 Å². The number of carbonyl (C=O) groups excluding carboxylic acids is 1. The highest BCUT2D eigenvalue weighted by Gasteiger charge is 2.22. The molecule has 1 aliphatic rings. The average molecular weight is 429 g/mol. The molecule has 1 aromatic carbocycles. The number of quaternary nitrogens is 1. The zero-order valence-electron chi connectivity index (χ0n) is 17.7. The van der Waals surface area contributed by atoms with Crippen molar-refractivity contribution in [3.8, 4) is 5.75 Å². The molecule has 1 aliphatic heterocycles. The second-order valence-electron chi connectivity index (χ2n) is 7.80. The lowest BCUT2D eigenvalue weighted by molar-refractivity contribution is -0.908. The number of carbonyl (C=O) groups is 1. The molecule has 0 unspecified atom stereocenters. The van der Waals surface area contributed by atoms with Crippen LogP contribution in [0.2, 0.25) is 0 Å². The van der Waals surface area contributed by atoms with Gasteiger partial charge in [0.15, 0.2) is 0 Å². The van der Waals surface area contributed by atoms with E-state index in [9.17, 15) is 4.79 Å².